The van der Waals surface area contributed by atoms with Gasteiger partial charge in [0.05, 0.1) is 17.2 Å². The molecule has 0 unspecified atom stereocenters. The van der Waals surface area contributed by atoms with Crippen molar-refractivity contribution in [2.75, 3.05) is 6.61 Å². The first-order valence-electron chi connectivity index (χ1n) is 8.69. The molecule has 28 heavy (non-hydrogen) atoms. The van der Waals surface area contributed by atoms with E-state index in [4.69, 9.17) is 4.74 Å². The third-order valence-corrected chi connectivity index (χ3v) is 5.66. The Morgan fingerprint density at radius 2 is 1.71 bits per heavy atom. The van der Waals surface area contributed by atoms with E-state index in [0.29, 0.717) is 16.6 Å². The van der Waals surface area contributed by atoms with E-state index in [0.717, 1.165) is 5.39 Å². The maximum Gasteiger partial charge on any atom is 0.359 e. The third kappa shape index (κ3) is 3.10. The van der Waals surface area contributed by atoms with Crippen molar-refractivity contribution in [3.05, 3.63) is 72.3 Å². The molecule has 0 aliphatic carbocycles. The van der Waals surface area contributed by atoms with Gasteiger partial charge >= 0.3 is 5.97 Å². The quantitative estimate of drug-likeness (QED) is 0.634. The minimum Gasteiger partial charge on any atom is -0.461 e. The van der Waals surface area contributed by atoms with Crippen molar-refractivity contribution in [2.24, 2.45) is 9.39 Å². The lowest BCUT2D eigenvalue weighted by molar-refractivity contribution is -0.134. The van der Waals surface area contributed by atoms with Crippen LogP contribution >= 0.6 is 0 Å². The number of carbonyl (C=O) groups excluding carboxylic acids is 1. The summed E-state index contributed by atoms with van der Waals surface area (Å²) >= 11 is 0. The minimum atomic E-state index is -4.10. The van der Waals surface area contributed by atoms with Crippen molar-refractivity contribution < 1.29 is 17.9 Å². The van der Waals surface area contributed by atoms with Crippen molar-refractivity contribution in [1.29, 1.82) is 0 Å². The molecule has 0 saturated heterocycles. The summed E-state index contributed by atoms with van der Waals surface area (Å²) in [5, 5.41) is 1.35. The number of aliphatic imine (C=N–C) groups is 1. The first-order chi connectivity index (χ1) is 13.5. The van der Waals surface area contributed by atoms with Crippen LogP contribution in [0, 0.1) is 0 Å². The maximum absolute atomic E-state index is 13.1. The second-order valence-corrected chi connectivity index (χ2v) is 7.66. The Hall–Kier alpha value is -3.32. The van der Waals surface area contributed by atoms with E-state index in [2.05, 4.69) is 9.39 Å². The molecule has 1 aliphatic heterocycles. The van der Waals surface area contributed by atoms with E-state index >= 15 is 0 Å². The molecule has 0 bridgehead atoms. The summed E-state index contributed by atoms with van der Waals surface area (Å²) in [5.74, 6) is -0.703. The number of hydrogen-bond donors (Lipinski definition) is 0. The molecule has 4 rings (SSSR count). The van der Waals surface area contributed by atoms with Gasteiger partial charge in [-0.25, -0.2) is 9.79 Å². The smallest absolute Gasteiger partial charge is 0.359 e. The fourth-order valence-electron chi connectivity index (χ4n) is 3.10. The highest BCUT2D eigenvalue weighted by molar-refractivity contribution is 7.90. The van der Waals surface area contributed by atoms with Crippen molar-refractivity contribution in [3.8, 4) is 0 Å². The largest absolute Gasteiger partial charge is 0.461 e. The topological polar surface area (TPSA) is 85.2 Å². The fourth-order valence-corrected chi connectivity index (χ4v) is 4.33. The standard InChI is InChI=1S/C21H16N2O4S/c1-2-27-21(24)20-19(16-11-5-6-12-17(16)22-20)23-28(25,26)18-13-7-9-14-8-3-4-10-15(14)18/h3-13H,2H2,1H3/b23-19+. The van der Waals surface area contributed by atoms with Gasteiger partial charge < -0.3 is 4.74 Å². The van der Waals surface area contributed by atoms with Crippen molar-refractivity contribution in [2.45, 2.75) is 11.8 Å². The number of carbonyl (C=O) groups is 1. The SMILES string of the molecule is CCOC(=O)C1=Nc2ccccc2/C1=N\S(=O)(=O)c1cccc2ccccc12. The molecule has 0 spiro atoms. The van der Waals surface area contributed by atoms with Crippen molar-refractivity contribution >= 4 is 43.9 Å². The molecule has 1 aliphatic rings. The molecule has 0 aromatic heterocycles. The highest BCUT2D eigenvalue weighted by Crippen LogP contribution is 2.30. The van der Waals surface area contributed by atoms with E-state index in [1.54, 1.807) is 49.4 Å². The summed E-state index contributed by atoms with van der Waals surface area (Å²) in [4.78, 5) is 16.6. The highest BCUT2D eigenvalue weighted by atomic mass is 32.2. The van der Waals surface area contributed by atoms with Crippen LogP contribution in [-0.4, -0.2) is 32.4 Å². The number of esters is 1. The van der Waals surface area contributed by atoms with Crippen LogP contribution in [0.3, 0.4) is 0 Å². The summed E-state index contributed by atoms with van der Waals surface area (Å²) in [5.41, 5.74) is 0.862. The van der Waals surface area contributed by atoms with Crippen molar-refractivity contribution in [3.63, 3.8) is 0 Å². The van der Waals surface area contributed by atoms with Crippen LogP contribution in [-0.2, 0) is 19.6 Å². The molecule has 3 aromatic rings. The molecular weight excluding hydrogens is 376 g/mol. The normalized spacial score (nSPS) is 14.8. The second kappa shape index (κ2) is 7.01. The summed E-state index contributed by atoms with van der Waals surface area (Å²) in [6.45, 7) is 1.82. The molecule has 0 atom stereocenters. The van der Waals surface area contributed by atoms with Gasteiger partial charge in [-0.15, -0.1) is 0 Å². The number of para-hydroxylation sites is 1. The van der Waals surface area contributed by atoms with Crippen LogP contribution in [0.15, 0.2) is 81.0 Å². The number of fused-ring (bicyclic) bond motifs is 2. The monoisotopic (exact) mass is 392 g/mol. The van der Waals surface area contributed by atoms with Crippen LogP contribution < -0.4 is 0 Å². The van der Waals surface area contributed by atoms with E-state index in [1.807, 2.05) is 18.2 Å². The zero-order valence-corrected chi connectivity index (χ0v) is 15.8. The van der Waals surface area contributed by atoms with Gasteiger partial charge in [0.15, 0.2) is 5.71 Å². The molecule has 0 saturated carbocycles. The first-order valence-corrected chi connectivity index (χ1v) is 10.1. The van der Waals surface area contributed by atoms with E-state index < -0.39 is 16.0 Å². The van der Waals surface area contributed by atoms with Gasteiger partial charge in [0, 0.05) is 10.9 Å². The Labute approximate surface area is 162 Å². The molecule has 0 amide bonds. The average molecular weight is 392 g/mol. The van der Waals surface area contributed by atoms with Gasteiger partial charge in [-0.05, 0) is 24.4 Å². The van der Waals surface area contributed by atoms with Gasteiger partial charge in [-0.3, -0.25) is 0 Å². The number of hydrogen-bond acceptors (Lipinski definition) is 5. The van der Waals surface area contributed by atoms with Crippen LogP contribution in [0.5, 0.6) is 0 Å². The van der Waals surface area contributed by atoms with Crippen LogP contribution in [0.4, 0.5) is 5.69 Å². The highest BCUT2D eigenvalue weighted by Gasteiger charge is 2.31. The maximum atomic E-state index is 13.1. The van der Waals surface area contributed by atoms with Crippen molar-refractivity contribution in [1.82, 2.24) is 0 Å². The summed E-state index contributed by atoms with van der Waals surface area (Å²) in [6, 6.07) is 19.0. The van der Waals surface area contributed by atoms with Gasteiger partial charge in [-0.1, -0.05) is 54.6 Å². The zero-order chi connectivity index (χ0) is 19.7. The lowest BCUT2D eigenvalue weighted by Crippen LogP contribution is -2.25. The molecule has 0 fully saturated rings. The molecule has 0 radical (unpaired) electrons. The Bertz CT molecular complexity index is 1250. The minimum absolute atomic E-state index is 0.00184. The molecule has 0 N–H and O–H groups in total. The van der Waals surface area contributed by atoms with E-state index in [1.165, 1.54) is 6.07 Å². The Morgan fingerprint density at radius 3 is 2.54 bits per heavy atom. The van der Waals surface area contributed by atoms with Crippen LogP contribution in [0.2, 0.25) is 0 Å². The fraction of sp³-hybridized carbons (Fsp3) is 0.0952. The van der Waals surface area contributed by atoms with E-state index in [-0.39, 0.29) is 22.9 Å². The summed E-state index contributed by atoms with van der Waals surface area (Å²) in [7, 11) is -4.10. The van der Waals surface area contributed by atoms with E-state index in [9.17, 15) is 13.2 Å². The summed E-state index contributed by atoms with van der Waals surface area (Å²) < 4.78 is 35.3. The van der Waals surface area contributed by atoms with Crippen LogP contribution in [0.25, 0.3) is 10.8 Å². The molecule has 6 nitrogen and oxygen atoms in total. The lowest BCUT2D eigenvalue weighted by atomic mass is 10.1. The van der Waals surface area contributed by atoms with Gasteiger partial charge in [0.1, 0.15) is 5.71 Å². The number of benzene rings is 3. The third-order valence-electron chi connectivity index (χ3n) is 4.32. The van der Waals surface area contributed by atoms with Gasteiger partial charge in [-0.2, -0.15) is 12.8 Å². The number of ether oxygens (including phenoxy) is 1. The number of nitrogens with zero attached hydrogens (tertiary/aromatic N) is 2. The first kappa shape index (κ1) is 18.1. The number of rotatable bonds is 4. The average Bonchev–Trinajstić information content (AvgIpc) is 3.06. The molecule has 1 heterocycles. The predicted octanol–water partition coefficient (Wildman–Crippen LogP) is 3.67. The Kier molecular flexibility index (Phi) is 4.52. The van der Waals surface area contributed by atoms with Gasteiger partial charge in [0.25, 0.3) is 10.0 Å². The lowest BCUT2D eigenvalue weighted by Gasteiger charge is -2.07. The molecular formula is C21H16N2O4S. The zero-order valence-electron chi connectivity index (χ0n) is 15.0. The second-order valence-electron chi connectivity index (χ2n) is 6.09. The molecule has 140 valence electrons. The predicted molar refractivity (Wildman–Crippen MR) is 108 cm³/mol. The Balaban J connectivity index is 1.90. The van der Waals surface area contributed by atoms with Crippen LogP contribution in [0.1, 0.15) is 12.5 Å². The Morgan fingerprint density at radius 1 is 1.00 bits per heavy atom. The van der Waals surface area contributed by atoms with Gasteiger partial charge in [0.2, 0.25) is 0 Å². The molecule has 7 heteroatoms. The summed E-state index contributed by atoms with van der Waals surface area (Å²) in [6.07, 6.45) is 0. The molecule has 3 aromatic carbocycles. The number of sulfonamides is 1.